The fourth-order valence-electron chi connectivity index (χ4n) is 7.29. The van der Waals surface area contributed by atoms with Crippen LogP contribution in [0.25, 0.3) is 0 Å². The predicted octanol–water partition coefficient (Wildman–Crippen LogP) is 4.37. The topological polar surface area (TPSA) is 43.4 Å². The highest BCUT2D eigenvalue weighted by molar-refractivity contribution is 5.92. The Labute approximate surface area is 149 Å². The van der Waals surface area contributed by atoms with E-state index in [-0.39, 0.29) is 28.2 Å². The van der Waals surface area contributed by atoms with Crippen molar-refractivity contribution in [3.8, 4) is 0 Å². The van der Waals surface area contributed by atoms with Crippen molar-refractivity contribution in [1.82, 2.24) is 0 Å². The maximum absolute atomic E-state index is 11.9. The summed E-state index contributed by atoms with van der Waals surface area (Å²) >= 11 is 0. The monoisotopic (exact) mass is 340 g/mol. The minimum absolute atomic E-state index is 0.00570. The smallest absolute Gasteiger partial charge is 0.306 e. The van der Waals surface area contributed by atoms with Crippen LogP contribution in [0.1, 0.15) is 65.2 Å². The molecule has 2 saturated carbocycles. The number of carbonyl (C=O) groups is 2. The maximum atomic E-state index is 11.9. The van der Waals surface area contributed by atoms with Crippen LogP contribution in [0.15, 0.2) is 23.8 Å². The van der Waals surface area contributed by atoms with Gasteiger partial charge in [-0.2, -0.15) is 0 Å². The van der Waals surface area contributed by atoms with Gasteiger partial charge in [-0.1, -0.05) is 26.0 Å². The lowest BCUT2D eigenvalue weighted by Crippen LogP contribution is -2.53. The Balaban J connectivity index is 1.53. The third kappa shape index (κ3) is 1.88. The van der Waals surface area contributed by atoms with Gasteiger partial charge in [0.15, 0.2) is 5.78 Å². The van der Waals surface area contributed by atoms with Crippen molar-refractivity contribution in [3.05, 3.63) is 23.8 Å². The largest absolute Gasteiger partial charge is 0.458 e. The maximum Gasteiger partial charge on any atom is 0.306 e. The van der Waals surface area contributed by atoms with E-state index in [1.807, 2.05) is 6.08 Å². The zero-order valence-corrected chi connectivity index (χ0v) is 15.3. The fourth-order valence-corrected chi connectivity index (χ4v) is 7.29. The first kappa shape index (κ1) is 15.8. The molecule has 5 rings (SSSR count). The Hall–Kier alpha value is -1.38. The molecular formula is C22H28O3. The number of rotatable bonds is 0. The third-order valence-electron chi connectivity index (χ3n) is 8.85. The number of hydrogen-bond donors (Lipinski definition) is 0. The lowest BCUT2D eigenvalue weighted by molar-refractivity contribution is -0.165. The number of ether oxygens (including phenoxy) is 1. The Morgan fingerprint density at radius 3 is 2.56 bits per heavy atom. The van der Waals surface area contributed by atoms with Crippen molar-refractivity contribution in [2.75, 3.05) is 0 Å². The second-order valence-corrected chi connectivity index (χ2v) is 9.60. The molecule has 134 valence electrons. The van der Waals surface area contributed by atoms with Crippen molar-refractivity contribution in [1.29, 1.82) is 0 Å². The molecule has 0 aromatic heterocycles. The first-order chi connectivity index (χ1) is 11.9. The summed E-state index contributed by atoms with van der Waals surface area (Å²) < 4.78 is 5.99. The number of fused-ring (bicyclic) bond motifs is 6. The molecule has 3 nitrogen and oxygen atoms in total. The minimum Gasteiger partial charge on any atom is -0.458 e. The normalized spacial score (nSPS) is 51.0. The van der Waals surface area contributed by atoms with Gasteiger partial charge in [-0.15, -0.1) is 0 Å². The van der Waals surface area contributed by atoms with E-state index in [1.54, 1.807) is 0 Å². The highest BCUT2D eigenvalue weighted by Gasteiger charge is 2.66. The van der Waals surface area contributed by atoms with Gasteiger partial charge in [0.05, 0.1) is 0 Å². The lowest BCUT2D eigenvalue weighted by Gasteiger charge is -2.57. The molecular weight excluding hydrogens is 312 g/mol. The van der Waals surface area contributed by atoms with E-state index < -0.39 is 0 Å². The van der Waals surface area contributed by atoms with Crippen LogP contribution in [0.4, 0.5) is 0 Å². The van der Waals surface area contributed by atoms with Crippen LogP contribution in [-0.2, 0) is 14.3 Å². The Bertz CT molecular complexity index is 719. The summed E-state index contributed by atoms with van der Waals surface area (Å²) in [7, 11) is 0. The second-order valence-electron chi connectivity index (χ2n) is 9.60. The van der Waals surface area contributed by atoms with E-state index in [0.29, 0.717) is 30.6 Å². The van der Waals surface area contributed by atoms with Crippen molar-refractivity contribution in [3.63, 3.8) is 0 Å². The van der Waals surface area contributed by atoms with Gasteiger partial charge in [0, 0.05) is 18.3 Å². The summed E-state index contributed by atoms with van der Waals surface area (Å²) in [6, 6.07) is 0. The molecule has 0 amide bonds. The molecule has 0 radical (unpaired) electrons. The van der Waals surface area contributed by atoms with Gasteiger partial charge in [0.2, 0.25) is 0 Å². The number of allylic oxidation sites excluding steroid dienone is 4. The summed E-state index contributed by atoms with van der Waals surface area (Å²) in [6.07, 6.45) is 14.3. The number of esters is 1. The molecule has 3 heteroatoms. The highest BCUT2D eigenvalue weighted by atomic mass is 16.6. The summed E-state index contributed by atoms with van der Waals surface area (Å²) in [4.78, 5) is 23.8. The van der Waals surface area contributed by atoms with Crippen LogP contribution < -0.4 is 0 Å². The number of carbonyl (C=O) groups excluding carboxylic acids is 2. The lowest BCUT2D eigenvalue weighted by atomic mass is 9.48. The van der Waals surface area contributed by atoms with E-state index >= 15 is 0 Å². The van der Waals surface area contributed by atoms with Crippen LogP contribution in [0.5, 0.6) is 0 Å². The van der Waals surface area contributed by atoms with Crippen LogP contribution >= 0.6 is 0 Å². The zero-order valence-electron chi connectivity index (χ0n) is 15.3. The van der Waals surface area contributed by atoms with E-state index in [2.05, 4.69) is 26.0 Å². The van der Waals surface area contributed by atoms with Crippen molar-refractivity contribution < 1.29 is 14.3 Å². The molecule has 6 atom stereocenters. The number of ketones is 1. The van der Waals surface area contributed by atoms with E-state index in [0.717, 1.165) is 25.7 Å². The van der Waals surface area contributed by atoms with Crippen molar-refractivity contribution in [2.45, 2.75) is 70.8 Å². The minimum atomic E-state index is -0.201. The van der Waals surface area contributed by atoms with Gasteiger partial charge in [0.25, 0.3) is 0 Å². The average Bonchev–Trinajstić information content (AvgIpc) is 3.10. The van der Waals surface area contributed by atoms with Crippen molar-refractivity contribution in [2.24, 2.45) is 28.6 Å². The molecule has 0 aromatic carbocycles. The van der Waals surface area contributed by atoms with Gasteiger partial charge >= 0.3 is 5.97 Å². The van der Waals surface area contributed by atoms with Crippen LogP contribution in [0, 0.1) is 28.6 Å². The van der Waals surface area contributed by atoms with Gasteiger partial charge in [-0.3, -0.25) is 9.59 Å². The highest BCUT2D eigenvalue weighted by Crippen LogP contribution is 2.68. The molecule has 25 heavy (non-hydrogen) atoms. The Morgan fingerprint density at radius 2 is 1.80 bits per heavy atom. The van der Waals surface area contributed by atoms with Crippen LogP contribution in [0.3, 0.4) is 0 Å². The van der Waals surface area contributed by atoms with E-state index in [9.17, 15) is 9.59 Å². The van der Waals surface area contributed by atoms with Crippen molar-refractivity contribution >= 4 is 11.8 Å². The Kier molecular flexibility index (Phi) is 3.08. The molecule has 0 N–H and O–H groups in total. The summed E-state index contributed by atoms with van der Waals surface area (Å²) in [5.74, 6) is 2.08. The van der Waals surface area contributed by atoms with E-state index in [4.69, 9.17) is 4.74 Å². The molecule has 1 heterocycles. The van der Waals surface area contributed by atoms with Crippen LogP contribution in [0.2, 0.25) is 0 Å². The quantitative estimate of drug-likeness (QED) is 0.615. The molecule has 0 aromatic rings. The van der Waals surface area contributed by atoms with E-state index in [1.165, 1.54) is 18.4 Å². The standard InChI is InChI=1S/C22H28O3/c1-20-9-5-15(23)13-14(20)3-4-16-17(20)6-10-21(2)18(16)7-11-22(21)12-8-19(24)25-22/h3-4,13,16-18H,5-12H2,1-2H3/t16-,17-,18+,20+,21+,22-/m1/s1. The Morgan fingerprint density at radius 1 is 1.00 bits per heavy atom. The fraction of sp³-hybridized carbons (Fsp3) is 0.727. The average molecular weight is 340 g/mol. The molecule has 3 fully saturated rings. The first-order valence-corrected chi connectivity index (χ1v) is 10.0. The third-order valence-corrected chi connectivity index (χ3v) is 8.85. The molecule has 0 unspecified atom stereocenters. The summed E-state index contributed by atoms with van der Waals surface area (Å²) in [5, 5.41) is 0. The summed E-state index contributed by atoms with van der Waals surface area (Å²) in [5.41, 5.74) is 1.32. The zero-order chi connectivity index (χ0) is 17.4. The number of hydrogen-bond acceptors (Lipinski definition) is 3. The predicted molar refractivity (Wildman–Crippen MR) is 94.7 cm³/mol. The van der Waals surface area contributed by atoms with Gasteiger partial charge in [0.1, 0.15) is 5.60 Å². The van der Waals surface area contributed by atoms with Gasteiger partial charge in [-0.05, 0) is 73.3 Å². The molecule has 0 bridgehead atoms. The van der Waals surface area contributed by atoms with Gasteiger partial charge < -0.3 is 4.74 Å². The molecule has 1 spiro atoms. The first-order valence-electron chi connectivity index (χ1n) is 10.0. The summed E-state index contributed by atoms with van der Waals surface area (Å²) in [6.45, 7) is 4.78. The van der Waals surface area contributed by atoms with Gasteiger partial charge in [-0.25, -0.2) is 0 Å². The molecule has 1 aliphatic heterocycles. The molecule has 1 saturated heterocycles. The molecule has 4 aliphatic carbocycles. The molecule has 5 aliphatic rings. The SMILES string of the molecule is C[C@]12CCC(=O)C=C1C=C[C@@H]1[C@H]2CC[C@@]2(C)[C@H]1CC[C@@]21CCC(=O)O1. The second kappa shape index (κ2) is 4.86. The van der Waals surface area contributed by atoms with Crippen LogP contribution in [-0.4, -0.2) is 17.4 Å².